The molecular formula is C15H19N3O4. The van der Waals surface area contributed by atoms with Gasteiger partial charge in [-0.2, -0.15) is 0 Å². The number of hydrogen-bond acceptors (Lipinski definition) is 6. The topological polar surface area (TPSA) is 114 Å². The summed E-state index contributed by atoms with van der Waals surface area (Å²) < 4.78 is 10.1. The van der Waals surface area contributed by atoms with Crippen molar-refractivity contribution in [3.8, 4) is 11.5 Å². The fraction of sp³-hybridized carbons (Fsp3) is 0.200. The van der Waals surface area contributed by atoms with Gasteiger partial charge in [0.15, 0.2) is 0 Å². The molecule has 0 aliphatic heterocycles. The molecule has 0 unspecified atom stereocenters. The van der Waals surface area contributed by atoms with Gasteiger partial charge in [0.2, 0.25) is 0 Å². The number of aryl methyl sites for hydroxylation is 1. The molecule has 22 heavy (non-hydrogen) atoms. The van der Waals surface area contributed by atoms with Crippen molar-refractivity contribution < 1.29 is 14.4 Å². The van der Waals surface area contributed by atoms with Crippen LogP contribution in [0.4, 0.5) is 17.1 Å². The molecule has 118 valence electrons. The van der Waals surface area contributed by atoms with Gasteiger partial charge in [-0.1, -0.05) is 0 Å². The van der Waals surface area contributed by atoms with Crippen LogP contribution in [0.1, 0.15) is 5.56 Å². The lowest BCUT2D eigenvalue weighted by atomic mass is 10.2. The summed E-state index contributed by atoms with van der Waals surface area (Å²) in [7, 11) is 3.21. The van der Waals surface area contributed by atoms with E-state index in [1.807, 2.05) is 13.0 Å². The Hall–Kier alpha value is -2.96. The molecule has 2 aromatic rings. The molecule has 2 rings (SSSR count). The van der Waals surface area contributed by atoms with Gasteiger partial charge in [0.1, 0.15) is 11.5 Å². The van der Waals surface area contributed by atoms with Crippen molar-refractivity contribution in [3.63, 3.8) is 0 Å². The van der Waals surface area contributed by atoms with E-state index in [1.54, 1.807) is 20.3 Å². The fourth-order valence-corrected chi connectivity index (χ4v) is 1.67. The number of benzene rings is 2. The van der Waals surface area contributed by atoms with Crippen molar-refractivity contribution in [2.75, 3.05) is 25.7 Å². The lowest BCUT2D eigenvalue weighted by molar-refractivity contribution is -0.384. The van der Waals surface area contributed by atoms with E-state index < -0.39 is 4.92 Å². The standard InChI is InChI=1S/C9H13NO2.C6H6N2O2/c1-6-4-9(12-3)7(10)5-8(6)11-2;7-5-1-3-6(4-2-5)8(9)10/h4-5H,10H2,1-3H3;1-4H,7H2. The summed E-state index contributed by atoms with van der Waals surface area (Å²) in [6.07, 6.45) is 0. The van der Waals surface area contributed by atoms with Crippen molar-refractivity contribution >= 4 is 17.1 Å². The molecule has 0 amide bonds. The van der Waals surface area contributed by atoms with Gasteiger partial charge in [0, 0.05) is 23.9 Å². The van der Waals surface area contributed by atoms with Gasteiger partial charge < -0.3 is 20.9 Å². The molecule has 0 heterocycles. The zero-order chi connectivity index (χ0) is 16.7. The highest BCUT2D eigenvalue weighted by atomic mass is 16.6. The third-order valence-electron chi connectivity index (χ3n) is 2.85. The third-order valence-corrected chi connectivity index (χ3v) is 2.85. The van der Waals surface area contributed by atoms with Crippen LogP contribution in [-0.4, -0.2) is 19.1 Å². The van der Waals surface area contributed by atoms with Gasteiger partial charge in [-0.15, -0.1) is 0 Å². The summed E-state index contributed by atoms with van der Waals surface area (Å²) in [5.74, 6) is 1.47. The molecule has 0 spiro atoms. The summed E-state index contributed by atoms with van der Waals surface area (Å²) >= 11 is 0. The quantitative estimate of drug-likeness (QED) is 0.512. The molecule has 0 atom stereocenters. The SMILES string of the molecule is COc1cc(N)c(OC)cc1C.Nc1ccc([N+](=O)[O-])cc1. The van der Waals surface area contributed by atoms with E-state index in [2.05, 4.69) is 0 Å². The van der Waals surface area contributed by atoms with Crippen molar-refractivity contribution in [1.29, 1.82) is 0 Å². The molecular weight excluding hydrogens is 286 g/mol. The maximum Gasteiger partial charge on any atom is 0.269 e. The number of rotatable bonds is 3. The Morgan fingerprint density at radius 3 is 2.00 bits per heavy atom. The number of nitrogens with zero attached hydrogens (tertiary/aromatic N) is 1. The number of hydrogen-bond donors (Lipinski definition) is 2. The monoisotopic (exact) mass is 305 g/mol. The zero-order valence-electron chi connectivity index (χ0n) is 12.7. The normalized spacial score (nSPS) is 9.41. The Balaban J connectivity index is 0.000000224. The largest absolute Gasteiger partial charge is 0.496 e. The Labute approximate surface area is 128 Å². The summed E-state index contributed by atoms with van der Waals surface area (Å²) in [5.41, 5.74) is 13.2. The second-order valence-electron chi connectivity index (χ2n) is 4.41. The number of methoxy groups -OCH3 is 2. The van der Waals surface area contributed by atoms with Crippen molar-refractivity contribution in [3.05, 3.63) is 52.1 Å². The number of nitrogens with two attached hydrogens (primary N) is 2. The predicted octanol–water partition coefficient (Wildman–Crippen LogP) is 2.77. The third kappa shape index (κ3) is 4.55. The second-order valence-corrected chi connectivity index (χ2v) is 4.41. The average Bonchev–Trinajstić information content (AvgIpc) is 2.50. The van der Waals surface area contributed by atoms with Gasteiger partial charge in [0.05, 0.1) is 24.8 Å². The average molecular weight is 305 g/mol. The van der Waals surface area contributed by atoms with Gasteiger partial charge in [-0.3, -0.25) is 10.1 Å². The highest BCUT2D eigenvalue weighted by Crippen LogP contribution is 2.29. The minimum Gasteiger partial charge on any atom is -0.496 e. The van der Waals surface area contributed by atoms with Crippen LogP contribution >= 0.6 is 0 Å². The van der Waals surface area contributed by atoms with Crippen LogP contribution in [0.3, 0.4) is 0 Å². The van der Waals surface area contributed by atoms with Gasteiger partial charge in [-0.05, 0) is 30.7 Å². The number of nitro benzene ring substituents is 1. The van der Waals surface area contributed by atoms with E-state index >= 15 is 0 Å². The van der Waals surface area contributed by atoms with Crippen molar-refractivity contribution in [2.24, 2.45) is 0 Å². The molecule has 7 nitrogen and oxygen atoms in total. The molecule has 0 saturated carbocycles. The molecule has 7 heteroatoms. The first kappa shape index (κ1) is 17.1. The van der Waals surface area contributed by atoms with Crippen LogP contribution < -0.4 is 20.9 Å². The predicted molar refractivity (Wildman–Crippen MR) is 86.2 cm³/mol. The lowest BCUT2D eigenvalue weighted by Gasteiger charge is -2.09. The summed E-state index contributed by atoms with van der Waals surface area (Å²) in [6, 6.07) is 9.35. The van der Waals surface area contributed by atoms with Crippen molar-refractivity contribution in [1.82, 2.24) is 0 Å². The Morgan fingerprint density at radius 1 is 1.00 bits per heavy atom. The number of ether oxygens (including phenoxy) is 2. The minimum absolute atomic E-state index is 0.0641. The molecule has 0 fully saturated rings. The molecule has 2 aromatic carbocycles. The number of nitrogen functional groups attached to an aromatic ring is 2. The molecule has 0 aliphatic rings. The fourth-order valence-electron chi connectivity index (χ4n) is 1.67. The first-order chi connectivity index (χ1) is 10.4. The lowest BCUT2D eigenvalue weighted by Crippen LogP contribution is -1.95. The smallest absolute Gasteiger partial charge is 0.269 e. The Morgan fingerprint density at radius 2 is 1.55 bits per heavy atom. The number of anilines is 2. The molecule has 0 aromatic heterocycles. The Bertz CT molecular complexity index is 612. The molecule has 0 radical (unpaired) electrons. The van der Waals surface area contributed by atoms with E-state index in [-0.39, 0.29) is 5.69 Å². The molecule has 4 N–H and O–H groups in total. The maximum atomic E-state index is 10.1. The first-order valence-electron chi connectivity index (χ1n) is 6.37. The number of non-ortho nitro benzene ring substituents is 1. The highest BCUT2D eigenvalue weighted by Gasteiger charge is 2.04. The van der Waals surface area contributed by atoms with E-state index in [4.69, 9.17) is 20.9 Å². The van der Waals surface area contributed by atoms with E-state index in [0.29, 0.717) is 17.1 Å². The van der Waals surface area contributed by atoms with Crippen LogP contribution in [0.15, 0.2) is 36.4 Å². The molecule has 0 bridgehead atoms. The maximum absolute atomic E-state index is 10.1. The zero-order valence-corrected chi connectivity index (χ0v) is 12.7. The van der Waals surface area contributed by atoms with Crippen LogP contribution in [0.5, 0.6) is 11.5 Å². The van der Waals surface area contributed by atoms with E-state index in [9.17, 15) is 10.1 Å². The van der Waals surface area contributed by atoms with Gasteiger partial charge in [0.25, 0.3) is 5.69 Å². The van der Waals surface area contributed by atoms with E-state index in [0.717, 1.165) is 11.3 Å². The van der Waals surface area contributed by atoms with Crippen LogP contribution in [0.2, 0.25) is 0 Å². The number of nitro groups is 1. The van der Waals surface area contributed by atoms with E-state index in [1.165, 1.54) is 24.3 Å². The van der Waals surface area contributed by atoms with Crippen molar-refractivity contribution in [2.45, 2.75) is 6.92 Å². The summed E-state index contributed by atoms with van der Waals surface area (Å²) in [6.45, 7) is 1.95. The molecule has 0 saturated heterocycles. The highest BCUT2D eigenvalue weighted by molar-refractivity contribution is 5.59. The van der Waals surface area contributed by atoms with Crippen LogP contribution in [0, 0.1) is 17.0 Å². The molecule has 0 aliphatic carbocycles. The second kappa shape index (κ2) is 7.72. The summed E-state index contributed by atoms with van der Waals surface area (Å²) in [4.78, 5) is 9.62. The van der Waals surface area contributed by atoms with Gasteiger partial charge >= 0.3 is 0 Å². The van der Waals surface area contributed by atoms with Gasteiger partial charge in [-0.25, -0.2) is 0 Å². The van der Waals surface area contributed by atoms with Crippen LogP contribution in [0.25, 0.3) is 0 Å². The summed E-state index contributed by atoms with van der Waals surface area (Å²) in [5, 5.41) is 10.1. The Kier molecular flexibility index (Phi) is 6.00. The first-order valence-corrected chi connectivity index (χ1v) is 6.37. The minimum atomic E-state index is -0.459. The van der Waals surface area contributed by atoms with Crippen LogP contribution in [-0.2, 0) is 0 Å².